The van der Waals surface area contributed by atoms with Gasteiger partial charge in [-0.2, -0.15) is 13.2 Å². The van der Waals surface area contributed by atoms with Crippen molar-refractivity contribution >= 4 is 11.8 Å². The molecule has 1 unspecified atom stereocenters. The van der Waals surface area contributed by atoms with E-state index in [2.05, 4.69) is 6.58 Å². The molecule has 1 saturated heterocycles. The lowest BCUT2D eigenvalue weighted by Crippen LogP contribution is -2.39. The average Bonchev–Trinajstić information content (AvgIpc) is 2.90. The number of hydrogen-bond acceptors (Lipinski definition) is 4. The summed E-state index contributed by atoms with van der Waals surface area (Å²) >= 11 is 0. The predicted molar refractivity (Wildman–Crippen MR) is 83.7 cm³/mol. The van der Waals surface area contributed by atoms with Crippen LogP contribution in [0, 0.1) is 0 Å². The highest BCUT2D eigenvalue weighted by Gasteiger charge is 2.44. The van der Waals surface area contributed by atoms with E-state index in [0.29, 0.717) is 24.3 Å². The van der Waals surface area contributed by atoms with Gasteiger partial charge in [0.25, 0.3) is 0 Å². The molecule has 2 aliphatic heterocycles. The number of alkyl halides is 3. The van der Waals surface area contributed by atoms with Crippen LogP contribution in [0.2, 0.25) is 0 Å². The van der Waals surface area contributed by atoms with E-state index in [4.69, 9.17) is 14.6 Å². The van der Waals surface area contributed by atoms with Crippen LogP contribution in [0.25, 0.3) is 0 Å². The molecule has 0 aromatic heterocycles. The third-order valence-corrected chi connectivity index (χ3v) is 4.43. The Balaban J connectivity index is 1.68. The van der Waals surface area contributed by atoms with Crippen LogP contribution in [0.1, 0.15) is 18.4 Å². The summed E-state index contributed by atoms with van der Waals surface area (Å²) in [5.41, 5.74) is 1.58. The molecule has 1 fully saturated rings. The summed E-state index contributed by atoms with van der Waals surface area (Å²) in [5.74, 6) is 0.402. The lowest BCUT2D eigenvalue weighted by atomic mass is 9.93. The molecule has 1 N–H and O–H groups in total. The second kappa shape index (κ2) is 6.59. The zero-order valence-corrected chi connectivity index (χ0v) is 13.3. The van der Waals surface area contributed by atoms with Crippen molar-refractivity contribution in [3.63, 3.8) is 0 Å². The van der Waals surface area contributed by atoms with E-state index in [9.17, 15) is 18.0 Å². The van der Waals surface area contributed by atoms with Crippen molar-refractivity contribution in [2.24, 2.45) is 0 Å². The normalized spacial score (nSPS) is 23.5. The Bertz CT molecular complexity index is 676. The molecule has 2 heterocycles. The Morgan fingerprint density at radius 1 is 1.48 bits per heavy atom. The number of amides is 1. The molecule has 0 saturated carbocycles. The van der Waals surface area contributed by atoms with Crippen LogP contribution in [0.3, 0.4) is 0 Å². The molecule has 2 aliphatic rings. The molecule has 3 rings (SSSR count). The summed E-state index contributed by atoms with van der Waals surface area (Å²) in [6, 6.07) is 4.91. The van der Waals surface area contributed by atoms with Gasteiger partial charge in [0.1, 0.15) is 11.9 Å². The van der Waals surface area contributed by atoms with Crippen LogP contribution in [0.15, 0.2) is 30.9 Å². The number of aliphatic hydroxyl groups is 1. The van der Waals surface area contributed by atoms with E-state index in [1.165, 1.54) is 0 Å². The van der Waals surface area contributed by atoms with Crippen molar-refractivity contribution in [1.29, 1.82) is 0 Å². The Kier molecular flexibility index (Phi) is 4.64. The smallest absolute Gasteiger partial charge is 0.415 e. The Hall–Kier alpha value is -2.22. The number of ether oxygens (including phenoxy) is 2. The van der Waals surface area contributed by atoms with Gasteiger partial charge in [-0.15, -0.1) is 0 Å². The number of rotatable bonds is 5. The van der Waals surface area contributed by atoms with E-state index in [1.807, 2.05) is 0 Å². The Morgan fingerprint density at radius 2 is 2.24 bits per heavy atom. The average molecular weight is 357 g/mol. The summed E-state index contributed by atoms with van der Waals surface area (Å²) in [6.07, 6.45) is -5.37. The molecule has 25 heavy (non-hydrogen) atoms. The summed E-state index contributed by atoms with van der Waals surface area (Å²) in [7, 11) is 0. The fourth-order valence-corrected chi connectivity index (χ4v) is 3.15. The van der Waals surface area contributed by atoms with Gasteiger partial charge in [0.2, 0.25) is 0 Å². The standard InChI is InChI=1S/C17H18F3NO4/c1-2-14-13-5-3-10-9-11(24-8-7-15(22)17(18,19)20)4-6-12(10)21(13)16(23)25-14/h2,4,6,9,13-15,22H,1,3,5,7-8H2/t13-,14+,15?/m0/s1. The number of carbonyl (C=O) groups excluding carboxylic acids is 1. The topological polar surface area (TPSA) is 59.0 Å². The van der Waals surface area contributed by atoms with Gasteiger partial charge >= 0.3 is 12.3 Å². The third kappa shape index (κ3) is 3.44. The molecule has 136 valence electrons. The van der Waals surface area contributed by atoms with Gasteiger partial charge in [0.05, 0.1) is 18.3 Å². The van der Waals surface area contributed by atoms with Crippen molar-refractivity contribution in [2.75, 3.05) is 11.5 Å². The molecular weight excluding hydrogens is 339 g/mol. The van der Waals surface area contributed by atoms with Crippen molar-refractivity contribution in [3.05, 3.63) is 36.4 Å². The highest BCUT2D eigenvalue weighted by molar-refractivity contribution is 5.92. The molecule has 3 atom stereocenters. The lowest BCUT2D eigenvalue weighted by Gasteiger charge is -2.30. The van der Waals surface area contributed by atoms with Crippen LogP contribution in [-0.2, 0) is 11.2 Å². The summed E-state index contributed by atoms with van der Waals surface area (Å²) < 4.78 is 47.4. The molecule has 5 nitrogen and oxygen atoms in total. The second-order valence-corrected chi connectivity index (χ2v) is 6.05. The highest BCUT2D eigenvalue weighted by Crippen LogP contribution is 2.39. The first-order chi connectivity index (χ1) is 11.8. The van der Waals surface area contributed by atoms with E-state index in [-0.39, 0.29) is 18.8 Å². The number of hydrogen-bond donors (Lipinski definition) is 1. The number of anilines is 1. The summed E-state index contributed by atoms with van der Waals surface area (Å²) in [4.78, 5) is 13.6. The Labute approximate surface area is 142 Å². The predicted octanol–water partition coefficient (Wildman–Crippen LogP) is 3.20. The van der Waals surface area contributed by atoms with Gasteiger partial charge in [-0.05, 0) is 42.7 Å². The van der Waals surface area contributed by atoms with Gasteiger partial charge in [-0.25, -0.2) is 4.79 Å². The first kappa shape index (κ1) is 17.6. The van der Waals surface area contributed by atoms with Crippen molar-refractivity contribution in [2.45, 2.75) is 43.7 Å². The van der Waals surface area contributed by atoms with Crippen LogP contribution in [0.4, 0.5) is 23.7 Å². The number of benzene rings is 1. The fraction of sp³-hybridized carbons (Fsp3) is 0.471. The number of carbonyl (C=O) groups is 1. The zero-order valence-electron chi connectivity index (χ0n) is 13.3. The minimum Gasteiger partial charge on any atom is -0.493 e. The van der Waals surface area contributed by atoms with Gasteiger partial charge in [-0.3, -0.25) is 4.90 Å². The number of aliphatic hydroxyl groups excluding tert-OH is 1. The van der Waals surface area contributed by atoms with Crippen molar-refractivity contribution < 1.29 is 32.5 Å². The van der Waals surface area contributed by atoms with E-state index in [0.717, 1.165) is 5.56 Å². The number of fused-ring (bicyclic) bond motifs is 3. The van der Waals surface area contributed by atoms with Gasteiger partial charge < -0.3 is 14.6 Å². The zero-order chi connectivity index (χ0) is 18.2. The van der Waals surface area contributed by atoms with E-state index in [1.54, 1.807) is 29.2 Å². The fourth-order valence-electron chi connectivity index (χ4n) is 3.15. The molecule has 0 spiro atoms. The van der Waals surface area contributed by atoms with Crippen LogP contribution in [-0.4, -0.2) is 42.2 Å². The Morgan fingerprint density at radius 3 is 2.92 bits per heavy atom. The third-order valence-electron chi connectivity index (χ3n) is 4.43. The minimum absolute atomic E-state index is 0.0915. The van der Waals surface area contributed by atoms with Gasteiger partial charge in [0.15, 0.2) is 6.10 Å². The van der Waals surface area contributed by atoms with Gasteiger partial charge in [0, 0.05) is 6.42 Å². The maximum Gasteiger partial charge on any atom is 0.415 e. The monoisotopic (exact) mass is 357 g/mol. The largest absolute Gasteiger partial charge is 0.493 e. The van der Waals surface area contributed by atoms with Crippen LogP contribution >= 0.6 is 0 Å². The number of cyclic esters (lactones) is 1. The van der Waals surface area contributed by atoms with Crippen LogP contribution < -0.4 is 9.64 Å². The first-order valence-electron chi connectivity index (χ1n) is 7.94. The molecule has 0 radical (unpaired) electrons. The molecule has 1 aromatic rings. The molecule has 0 bridgehead atoms. The highest BCUT2D eigenvalue weighted by atomic mass is 19.4. The molecule has 1 aromatic carbocycles. The van der Waals surface area contributed by atoms with E-state index < -0.39 is 24.8 Å². The van der Waals surface area contributed by atoms with Crippen molar-refractivity contribution in [1.82, 2.24) is 0 Å². The molecule has 0 aliphatic carbocycles. The quantitative estimate of drug-likeness (QED) is 0.822. The summed E-state index contributed by atoms with van der Waals surface area (Å²) in [5, 5.41) is 8.96. The lowest BCUT2D eigenvalue weighted by molar-refractivity contribution is -0.206. The van der Waals surface area contributed by atoms with E-state index >= 15 is 0 Å². The second-order valence-electron chi connectivity index (χ2n) is 6.05. The number of nitrogens with zero attached hydrogens (tertiary/aromatic N) is 1. The summed E-state index contributed by atoms with van der Waals surface area (Å²) in [6.45, 7) is 3.42. The van der Waals surface area contributed by atoms with Crippen LogP contribution in [0.5, 0.6) is 5.75 Å². The molecular formula is C17H18F3NO4. The number of halogens is 3. The molecule has 8 heteroatoms. The maximum absolute atomic E-state index is 12.3. The maximum atomic E-state index is 12.3. The number of aryl methyl sites for hydroxylation is 1. The van der Waals surface area contributed by atoms with Crippen molar-refractivity contribution in [3.8, 4) is 5.75 Å². The first-order valence-corrected chi connectivity index (χ1v) is 7.94. The molecule has 1 amide bonds. The van der Waals surface area contributed by atoms with Gasteiger partial charge in [-0.1, -0.05) is 6.58 Å². The SMILES string of the molecule is C=C[C@H]1OC(=O)N2c3ccc(OCCC(O)C(F)(F)F)cc3CC[C@@H]12. The minimum atomic E-state index is -4.65.